The zero-order chi connectivity index (χ0) is 7.40. The SMILES string of the molecule is CCCC1=C(C)OCCO1. The minimum Gasteiger partial charge on any atom is -0.491 e. The predicted molar refractivity (Wildman–Crippen MR) is 39.5 cm³/mol. The molecule has 0 aromatic rings. The van der Waals surface area contributed by atoms with Crippen LogP contribution in [0.15, 0.2) is 11.5 Å². The lowest BCUT2D eigenvalue weighted by Crippen LogP contribution is -2.12. The van der Waals surface area contributed by atoms with E-state index in [9.17, 15) is 0 Å². The number of ether oxygens (including phenoxy) is 2. The summed E-state index contributed by atoms with van der Waals surface area (Å²) in [6, 6.07) is 0. The van der Waals surface area contributed by atoms with E-state index in [-0.39, 0.29) is 0 Å². The van der Waals surface area contributed by atoms with Crippen LogP contribution in [0.4, 0.5) is 0 Å². The fraction of sp³-hybridized carbons (Fsp3) is 0.750. The lowest BCUT2D eigenvalue weighted by Gasteiger charge is -2.19. The van der Waals surface area contributed by atoms with Gasteiger partial charge in [-0.25, -0.2) is 0 Å². The highest BCUT2D eigenvalue weighted by molar-refractivity contribution is 5.00. The molecule has 0 aromatic carbocycles. The van der Waals surface area contributed by atoms with E-state index in [1.54, 1.807) is 0 Å². The third-order valence-corrected chi connectivity index (χ3v) is 1.55. The Morgan fingerprint density at radius 1 is 1.30 bits per heavy atom. The Labute approximate surface area is 61.8 Å². The molecule has 10 heavy (non-hydrogen) atoms. The van der Waals surface area contributed by atoms with Crippen LogP contribution in [0.2, 0.25) is 0 Å². The first kappa shape index (κ1) is 7.45. The monoisotopic (exact) mass is 142 g/mol. The van der Waals surface area contributed by atoms with Crippen molar-refractivity contribution in [1.29, 1.82) is 0 Å². The Bertz CT molecular complexity index is 138. The highest BCUT2D eigenvalue weighted by Gasteiger charge is 2.09. The van der Waals surface area contributed by atoms with Gasteiger partial charge in [-0.1, -0.05) is 6.92 Å². The fourth-order valence-corrected chi connectivity index (χ4v) is 1.02. The van der Waals surface area contributed by atoms with Crippen LogP contribution in [0.25, 0.3) is 0 Å². The maximum absolute atomic E-state index is 5.39. The van der Waals surface area contributed by atoms with Crippen molar-refractivity contribution in [2.24, 2.45) is 0 Å². The Kier molecular flexibility index (Phi) is 2.60. The van der Waals surface area contributed by atoms with Crippen LogP contribution < -0.4 is 0 Å². The van der Waals surface area contributed by atoms with Gasteiger partial charge < -0.3 is 9.47 Å². The first-order valence-electron chi connectivity index (χ1n) is 3.80. The Morgan fingerprint density at radius 3 is 2.60 bits per heavy atom. The van der Waals surface area contributed by atoms with Crippen LogP contribution in [0.5, 0.6) is 0 Å². The Balaban J connectivity index is 2.50. The smallest absolute Gasteiger partial charge is 0.133 e. The summed E-state index contributed by atoms with van der Waals surface area (Å²) in [7, 11) is 0. The van der Waals surface area contributed by atoms with Gasteiger partial charge in [-0.05, 0) is 13.3 Å². The van der Waals surface area contributed by atoms with Gasteiger partial charge in [-0.3, -0.25) is 0 Å². The zero-order valence-electron chi connectivity index (χ0n) is 6.64. The van der Waals surface area contributed by atoms with E-state index in [1.165, 1.54) is 0 Å². The first-order chi connectivity index (χ1) is 4.84. The van der Waals surface area contributed by atoms with Crippen molar-refractivity contribution in [3.63, 3.8) is 0 Å². The largest absolute Gasteiger partial charge is 0.491 e. The molecular formula is C8H14O2. The molecule has 0 radical (unpaired) electrons. The molecule has 0 amide bonds. The van der Waals surface area contributed by atoms with E-state index in [1.807, 2.05) is 6.92 Å². The summed E-state index contributed by atoms with van der Waals surface area (Å²) in [5.41, 5.74) is 0. The summed E-state index contributed by atoms with van der Waals surface area (Å²) in [6.45, 7) is 5.52. The molecule has 1 rings (SSSR count). The molecule has 0 fully saturated rings. The van der Waals surface area contributed by atoms with Gasteiger partial charge in [-0.15, -0.1) is 0 Å². The standard InChI is InChI=1S/C8H14O2/c1-3-4-8-7(2)9-5-6-10-8/h3-6H2,1-2H3. The molecule has 58 valence electrons. The topological polar surface area (TPSA) is 18.5 Å². The molecule has 0 atom stereocenters. The molecule has 0 saturated heterocycles. The van der Waals surface area contributed by atoms with Gasteiger partial charge in [0, 0.05) is 6.42 Å². The van der Waals surface area contributed by atoms with Gasteiger partial charge in [0.25, 0.3) is 0 Å². The van der Waals surface area contributed by atoms with Crippen molar-refractivity contribution in [1.82, 2.24) is 0 Å². The highest BCUT2D eigenvalue weighted by atomic mass is 16.6. The van der Waals surface area contributed by atoms with Crippen LogP contribution in [-0.2, 0) is 9.47 Å². The molecular weight excluding hydrogens is 128 g/mol. The fourth-order valence-electron chi connectivity index (χ4n) is 1.02. The van der Waals surface area contributed by atoms with Crippen molar-refractivity contribution < 1.29 is 9.47 Å². The van der Waals surface area contributed by atoms with Gasteiger partial charge in [0.15, 0.2) is 0 Å². The van der Waals surface area contributed by atoms with Gasteiger partial charge in [0.2, 0.25) is 0 Å². The van der Waals surface area contributed by atoms with Gasteiger partial charge in [0.05, 0.1) is 0 Å². The van der Waals surface area contributed by atoms with Crippen molar-refractivity contribution >= 4 is 0 Å². The summed E-state index contributed by atoms with van der Waals surface area (Å²) < 4.78 is 10.7. The summed E-state index contributed by atoms with van der Waals surface area (Å²) in [5, 5.41) is 0. The van der Waals surface area contributed by atoms with Crippen molar-refractivity contribution in [3.05, 3.63) is 11.5 Å². The molecule has 2 nitrogen and oxygen atoms in total. The van der Waals surface area contributed by atoms with Gasteiger partial charge in [0.1, 0.15) is 24.7 Å². The maximum atomic E-state index is 5.39. The minimum atomic E-state index is 0.707. The average molecular weight is 142 g/mol. The lowest BCUT2D eigenvalue weighted by molar-refractivity contribution is 0.0585. The number of rotatable bonds is 2. The molecule has 1 aliphatic rings. The summed E-state index contributed by atoms with van der Waals surface area (Å²) in [6.07, 6.45) is 2.13. The molecule has 2 heteroatoms. The maximum Gasteiger partial charge on any atom is 0.133 e. The van der Waals surface area contributed by atoms with Crippen molar-refractivity contribution in [2.45, 2.75) is 26.7 Å². The van der Waals surface area contributed by atoms with Crippen molar-refractivity contribution in [3.8, 4) is 0 Å². The second-order valence-corrected chi connectivity index (χ2v) is 2.43. The molecule has 0 bridgehead atoms. The van der Waals surface area contributed by atoms with E-state index in [0.717, 1.165) is 24.4 Å². The highest BCUT2D eigenvalue weighted by Crippen LogP contribution is 2.16. The van der Waals surface area contributed by atoms with E-state index >= 15 is 0 Å². The quantitative estimate of drug-likeness (QED) is 0.587. The molecule has 0 aliphatic carbocycles. The molecule has 0 unspecified atom stereocenters. The Hall–Kier alpha value is -0.660. The minimum absolute atomic E-state index is 0.707. The van der Waals surface area contributed by atoms with E-state index in [4.69, 9.17) is 9.47 Å². The van der Waals surface area contributed by atoms with E-state index in [2.05, 4.69) is 6.92 Å². The summed E-state index contributed by atoms with van der Waals surface area (Å²) in [4.78, 5) is 0. The first-order valence-corrected chi connectivity index (χ1v) is 3.80. The second kappa shape index (κ2) is 3.49. The van der Waals surface area contributed by atoms with Crippen LogP contribution in [0.3, 0.4) is 0 Å². The molecule has 1 heterocycles. The third kappa shape index (κ3) is 1.66. The summed E-state index contributed by atoms with van der Waals surface area (Å²) in [5.74, 6) is 2.00. The van der Waals surface area contributed by atoms with Crippen molar-refractivity contribution in [2.75, 3.05) is 13.2 Å². The molecule has 0 N–H and O–H groups in total. The molecule has 0 aromatic heterocycles. The second-order valence-electron chi connectivity index (χ2n) is 2.43. The third-order valence-electron chi connectivity index (χ3n) is 1.55. The van der Waals surface area contributed by atoms with E-state index < -0.39 is 0 Å². The normalized spacial score (nSPS) is 18.2. The molecule has 0 saturated carbocycles. The molecule has 1 aliphatic heterocycles. The van der Waals surface area contributed by atoms with Gasteiger partial charge >= 0.3 is 0 Å². The van der Waals surface area contributed by atoms with Gasteiger partial charge in [-0.2, -0.15) is 0 Å². The lowest BCUT2D eigenvalue weighted by atomic mass is 10.2. The van der Waals surface area contributed by atoms with Crippen LogP contribution >= 0.6 is 0 Å². The van der Waals surface area contributed by atoms with Crippen LogP contribution in [-0.4, -0.2) is 13.2 Å². The number of hydrogen-bond acceptors (Lipinski definition) is 2. The Morgan fingerprint density at radius 2 is 2.00 bits per heavy atom. The molecule has 0 spiro atoms. The summed E-state index contributed by atoms with van der Waals surface area (Å²) >= 11 is 0. The zero-order valence-corrected chi connectivity index (χ0v) is 6.64. The van der Waals surface area contributed by atoms with Crippen LogP contribution in [0, 0.1) is 0 Å². The number of allylic oxidation sites excluding steroid dienone is 2. The number of hydrogen-bond donors (Lipinski definition) is 0. The predicted octanol–water partition coefficient (Wildman–Crippen LogP) is 2.06. The van der Waals surface area contributed by atoms with E-state index in [0.29, 0.717) is 13.2 Å². The van der Waals surface area contributed by atoms with Crippen LogP contribution in [0.1, 0.15) is 26.7 Å². The average Bonchev–Trinajstić information content (AvgIpc) is 1.94.